The number of benzene rings is 1. The van der Waals surface area contributed by atoms with E-state index in [0.29, 0.717) is 12.6 Å². The Kier molecular flexibility index (Phi) is 5.22. The molecule has 2 nitrogen and oxygen atoms in total. The van der Waals surface area contributed by atoms with Gasteiger partial charge in [0.15, 0.2) is 0 Å². The molecular formula is C15H17Br2NO. The Morgan fingerprint density at radius 2 is 2.05 bits per heavy atom. The molecule has 1 saturated carbocycles. The maximum absolute atomic E-state index is 12.7. The van der Waals surface area contributed by atoms with Crippen LogP contribution in [0.3, 0.4) is 0 Å². The zero-order valence-corrected chi connectivity index (χ0v) is 13.9. The van der Waals surface area contributed by atoms with Crippen LogP contribution in [0.4, 0.5) is 0 Å². The molecule has 19 heavy (non-hydrogen) atoms. The minimum absolute atomic E-state index is 0.0891. The van der Waals surface area contributed by atoms with Crippen molar-refractivity contribution < 1.29 is 4.79 Å². The van der Waals surface area contributed by atoms with Gasteiger partial charge in [-0.3, -0.25) is 4.79 Å². The Morgan fingerprint density at radius 3 is 2.63 bits per heavy atom. The second-order valence-corrected chi connectivity index (χ2v) is 6.58. The van der Waals surface area contributed by atoms with Crippen LogP contribution in [0.5, 0.6) is 0 Å². The summed E-state index contributed by atoms with van der Waals surface area (Å²) in [6.07, 6.45) is 6.45. The quantitative estimate of drug-likeness (QED) is 0.681. The molecule has 0 saturated heterocycles. The highest BCUT2D eigenvalue weighted by atomic mass is 79.9. The van der Waals surface area contributed by atoms with E-state index in [1.807, 2.05) is 29.2 Å². The minimum atomic E-state index is 0.0891. The first-order valence-corrected chi connectivity index (χ1v) is 8.09. The molecule has 1 aromatic carbocycles. The number of hydrogen-bond donors (Lipinski definition) is 0. The van der Waals surface area contributed by atoms with Crippen LogP contribution in [-0.4, -0.2) is 23.4 Å². The van der Waals surface area contributed by atoms with Crippen molar-refractivity contribution in [2.45, 2.75) is 31.7 Å². The van der Waals surface area contributed by atoms with Crippen molar-refractivity contribution in [2.75, 3.05) is 6.54 Å². The van der Waals surface area contributed by atoms with Gasteiger partial charge in [-0.25, -0.2) is 0 Å². The molecule has 0 radical (unpaired) electrons. The van der Waals surface area contributed by atoms with Crippen LogP contribution in [-0.2, 0) is 0 Å². The number of hydrogen-bond acceptors (Lipinski definition) is 1. The molecule has 102 valence electrons. The molecule has 1 aliphatic rings. The van der Waals surface area contributed by atoms with Gasteiger partial charge in [0.05, 0.1) is 5.56 Å². The molecule has 0 N–H and O–H groups in total. The summed E-state index contributed by atoms with van der Waals surface area (Å²) in [5.74, 6) is 0.0891. The van der Waals surface area contributed by atoms with Crippen molar-refractivity contribution in [1.29, 1.82) is 0 Å². The van der Waals surface area contributed by atoms with Gasteiger partial charge >= 0.3 is 0 Å². The van der Waals surface area contributed by atoms with E-state index in [9.17, 15) is 4.79 Å². The van der Waals surface area contributed by atoms with Gasteiger partial charge < -0.3 is 4.90 Å². The van der Waals surface area contributed by atoms with Crippen LogP contribution in [0.2, 0.25) is 0 Å². The highest BCUT2D eigenvalue weighted by molar-refractivity contribution is 9.11. The Labute approximate surface area is 131 Å². The molecule has 1 aliphatic carbocycles. The predicted molar refractivity (Wildman–Crippen MR) is 85.3 cm³/mol. The van der Waals surface area contributed by atoms with Crippen LogP contribution in [0, 0.1) is 0 Å². The van der Waals surface area contributed by atoms with E-state index in [1.54, 1.807) is 0 Å². The summed E-state index contributed by atoms with van der Waals surface area (Å²) < 4.78 is 1.80. The maximum Gasteiger partial charge on any atom is 0.255 e. The van der Waals surface area contributed by atoms with Gasteiger partial charge in [-0.2, -0.15) is 0 Å². The van der Waals surface area contributed by atoms with E-state index in [2.05, 4.69) is 38.4 Å². The number of amides is 1. The van der Waals surface area contributed by atoms with Gasteiger partial charge in [0.2, 0.25) is 0 Å². The van der Waals surface area contributed by atoms with E-state index in [0.717, 1.165) is 27.4 Å². The summed E-state index contributed by atoms with van der Waals surface area (Å²) in [5, 5.41) is 0. The molecule has 0 aromatic heterocycles. The van der Waals surface area contributed by atoms with Crippen molar-refractivity contribution >= 4 is 37.8 Å². The predicted octanol–water partition coefficient (Wildman–Crippen LogP) is 4.78. The average Bonchev–Trinajstić information content (AvgIpc) is 2.89. The van der Waals surface area contributed by atoms with Crippen LogP contribution in [0.15, 0.2) is 39.8 Å². The monoisotopic (exact) mass is 385 g/mol. The Morgan fingerprint density at radius 1 is 1.37 bits per heavy atom. The molecule has 0 atom stereocenters. The van der Waals surface area contributed by atoms with Gasteiger partial charge in [-0.15, -0.1) is 6.58 Å². The van der Waals surface area contributed by atoms with Crippen LogP contribution in [0.25, 0.3) is 0 Å². The van der Waals surface area contributed by atoms with Crippen molar-refractivity contribution in [3.63, 3.8) is 0 Å². The fraction of sp³-hybridized carbons (Fsp3) is 0.400. The molecule has 0 aliphatic heterocycles. The molecule has 0 unspecified atom stereocenters. The first kappa shape index (κ1) is 14.8. The van der Waals surface area contributed by atoms with Crippen LogP contribution < -0.4 is 0 Å². The lowest BCUT2D eigenvalue weighted by Gasteiger charge is -2.28. The van der Waals surface area contributed by atoms with Crippen molar-refractivity contribution in [2.24, 2.45) is 0 Å². The molecule has 4 heteroatoms. The number of halogens is 2. The third-order valence-corrected chi connectivity index (χ3v) is 4.66. The number of nitrogens with zero attached hydrogens (tertiary/aromatic N) is 1. The molecule has 0 spiro atoms. The lowest BCUT2D eigenvalue weighted by Crippen LogP contribution is -2.39. The molecule has 1 aromatic rings. The van der Waals surface area contributed by atoms with Gasteiger partial charge in [0.1, 0.15) is 0 Å². The molecule has 1 fully saturated rings. The average molecular weight is 387 g/mol. The summed E-state index contributed by atoms with van der Waals surface area (Å²) in [7, 11) is 0. The third-order valence-electron chi connectivity index (χ3n) is 3.51. The Hall–Kier alpha value is -0.610. The largest absolute Gasteiger partial charge is 0.332 e. The minimum Gasteiger partial charge on any atom is -0.332 e. The van der Waals surface area contributed by atoms with E-state index < -0.39 is 0 Å². The standard InChI is InChI=1S/C15H17Br2NO/c1-2-9-18(12-5-3-4-6-12)15(19)13-8-7-11(16)10-14(13)17/h2,7-8,10,12H,1,3-6,9H2. The van der Waals surface area contributed by atoms with Crippen LogP contribution in [0.1, 0.15) is 36.0 Å². The van der Waals surface area contributed by atoms with Gasteiger partial charge in [0.25, 0.3) is 5.91 Å². The molecule has 0 heterocycles. The first-order valence-electron chi connectivity index (χ1n) is 6.50. The summed E-state index contributed by atoms with van der Waals surface area (Å²) in [5.41, 5.74) is 0.719. The Balaban J connectivity index is 2.25. The highest BCUT2D eigenvalue weighted by Gasteiger charge is 2.27. The van der Waals surface area contributed by atoms with Gasteiger partial charge in [-0.1, -0.05) is 34.8 Å². The van der Waals surface area contributed by atoms with Crippen LogP contribution >= 0.6 is 31.9 Å². The van der Waals surface area contributed by atoms with E-state index in [-0.39, 0.29) is 5.91 Å². The van der Waals surface area contributed by atoms with E-state index >= 15 is 0 Å². The number of rotatable bonds is 4. The molecular weight excluding hydrogens is 370 g/mol. The van der Waals surface area contributed by atoms with Gasteiger partial charge in [0, 0.05) is 21.5 Å². The molecule has 1 amide bonds. The fourth-order valence-electron chi connectivity index (χ4n) is 2.57. The smallest absolute Gasteiger partial charge is 0.255 e. The normalized spacial score (nSPS) is 15.5. The van der Waals surface area contributed by atoms with Crippen molar-refractivity contribution in [1.82, 2.24) is 4.90 Å². The fourth-order valence-corrected chi connectivity index (χ4v) is 3.79. The zero-order chi connectivity index (χ0) is 13.8. The number of carbonyl (C=O) groups is 1. The molecule has 0 bridgehead atoms. The van der Waals surface area contributed by atoms with Crippen molar-refractivity contribution in [3.05, 3.63) is 45.4 Å². The van der Waals surface area contributed by atoms with Gasteiger partial charge in [-0.05, 0) is 47.0 Å². The zero-order valence-electron chi connectivity index (χ0n) is 10.7. The second kappa shape index (κ2) is 6.71. The topological polar surface area (TPSA) is 20.3 Å². The summed E-state index contributed by atoms with van der Waals surface area (Å²) >= 11 is 6.88. The molecule has 2 rings (SSSR count). The Bertz CT molecular complexity index is 481. The van der Waals surface area contributed by atoms with Crippen molar-refractivity contribution in [3.8, 4) is 0 Å². The second-order valence-electron chi connectivity index (χ2n) is 4.81. The number of carbonyl (C=O) groups excluding carboxylic acids is 1. The third kappa shape index (κ3) is 3.48. The lowest BCUT2D eigenvalue weighted by molar-refractivity contribution is 0.0705. The van der Waals surface area contributed by atoms with E-state index in [1.165, 1.54) is 12.8 Å². The summed E-state index contributed by atoms with van der Waals surface area (Å²) in [6.45, 7) is 4.39. The summed E-state index contributed by atoms with van der Waals surface area (Å²) in [6, 6.07) is 6.04. The maximum atomic E-state index is 12.7. The summed E-state index contributed by atoms with van der Waals surface area (Å²) in [4.78, 5) is 14.6. The first-order chi connectivity index (χ1) is 9.13. The SMILES string of the molecule is C=CCN(C(=O)c1ccc(Br)cc1Br)C1CCCC1. The van der Waals surface area contributed by atoms with E-state index in [4.69, 9.17) is 0 Å². The lowest BCUT2D eigenvalue weighted by atomic mass is 10.1. The highest BCUT2D eigenvalue weighted by Crippen LogP contribution is 2.28.